The number of aromatic nitrogens is 4. The first-order chi connectivity index (χ1) is 30.2. The Bertz CT molecular complexity index is 3820. The molecule has 0 amide bonds. The summed E-state index contributed by atoms with van der Waals surface area (Å²) in [7, 11) is 0. The summed E-state index contributed by atoms with van der Waals surface area (Å²) >= 11 is 1.86. The SMILES string of the molecule is c1ccc(-c2nc(-c3ccccc3)nc(-c3cc(-c4cccc5ccccc45)cc4oc5cc(-n6c7ccccc7c7ccc8c9ccccc9sc8c76)ccc5c34)n2)cc1. The number of hydrogen-bond donors (Lipinski definition) is 0. The molecule has 0 bridgehead atoms. The molecular weight excluding hydrogens is 765 g/mol. The van der Waals surface area contributed by atoms with Gasteiger partial charge in [-0.1, -0.05) is 152 Å². The molecule has 0 spiro atoms. The van der Waals surface area contributed by atoms with Crippen molar-refractivity contribution in [1.29, 1.82) is 0 Å². The lowest BCUT2D eigenvalue weighted by Crippen LogP contribution is -2.00. The summed E-state index contributed by atoms with van der Waals surface area (Å²) in [4.78, 5) is 15.5. The highest BCUT2D eigenvalue weighted by molar-refractivity contribution is 7.26. The third-order valence-corrected chi connectivity index (χ3v) is 13.2. The second kappa shape index (κ2) is 13.3. The largest absolute Gasteiger partial charge is 0.456 e. The normalized spacial score (nSPS) is 11.9. The molecule has 0 aliphatic rings. The quantitative estimate of drug-likeness (QED) is 0.174. The lowest BCUT2D eigenvalue weighted by Gasteiger charge is -2.12. The Labute approximate surface area is 353 Å². The van der Waals surface area contributed by atoms with Crippen molar-refractivity contribution >= 4 is 86.0 Å². The fourth-order valence-electron chi connectivity index (χ4n) is 9.27. The van der Waals surface area contributed by atoms with Crippen LogP contribution in [0.25, 0.3) is 126 Å². The number of benzene rings is 9. The summed E-state index contributed by atoms with van der Waals surface area (Å²) < 4.78 is 12.0. The van der Waals surface area contributed by atoms with E-state index < -0.39 is 0 Å². The minimum absolute atomic E-state index is 0.584. The molecule has 61 heavy (non-hydrogen) atoms. The summed E-state index contributed by atoms with van der Waals surface area (Å²) in [6.45, 7) is 0. The highest BCUT2D eigenvalue weighted by Gasteiger charge is 2.23. The number of furan rings is 1. The Hall–Kier alpha value is -7.93. The Balaban J connectivity index is 1.10. The van der Waals surface area contributed by atoms with Crippen molar-refractivity contribution in [2.75, 3.05) is 0 Å². The summed E-state index contributed by atoms with van der Waals surface area (Å²) in [5.74, 6) is 1.81. The van der Waals surface area contributed by atoms with Gasteiger partial charge in [0.25, 0.3) is 0 Å². The van der Waals surface area contributed by atoms with Crippen molar-refractivity contribution in [2.24, 2.45) is 0 Å². The van der Waals surface area contributed by atoms with Crippen molar-refractivity contribution in [3.8, 4) is 51.0 Å². The molecule has 4 aromatic heterocycles. The first kappa shape index (κ1) is 34.0. The molecule has 0 N–H and O–H groups in total. The molecule has 9 aromatic carbocycles. The van der Waals surface area contributed by atoms with Crippen LogP contribution in [0.1, 0.15) is 0 Å². The number of para-hydroxylation sites is 1. The van der Waals surface area contributed by atoms with E-state index in [1.165, 1.54) is 47.2 Å². The first-order valence-electron chi connectivity index (χ1n) is 20.4. The predicted molar refractivity (Wildman–Crippen MR) is 254 cm³/mol. The number of hydrogen-bond acceptors (Lipinski definition) is 5. The van der Waals surface area contributed by atoms with Gasteiger partial charge in [0.15, 0.2) is 17.5 Å². The third kappa shape index (κ3) is 5.29. The summed E-state index contributed by atoms with van der Waals surface area (Å²) in [5, 5.41) is 9.31. The van der Waals surface area contributed by atoms with Gasteiger partial charge in [0.1, 0.15) is 11.2 Å². The summed E-state index contributed by atoms with van der Waals surface area (Å²) in [6.07, 6.45) is 0. The monoisotopic (exact) mass is 796 g/mol. The topological polar surface area (TPSA) is 56.7 Å². The highest BCUT2D eigenvalue weighted by atomic mass is 32.1. The molecule has 0 radical (unpaired) electrons. The average molecular weight is 797 g/mol. The predicted octanol–water partition coefficient (Wildman–Crippen LogP) is 15.1. The summed E-state index contributed by atoms with van der Waals surface area (Å²) in [5.41, 5.74) is 9.82. The molecule has 6 heteroatoms. The van der Waals surface area contributed by atoms with Crippen LogP contribution in [0.3, 0.4) is 0 Å². The first-order valence-corrected chi connectivity index (χ1v) is 21.2. The Morgan fingerprint density at radius 3 is 1.85 bits per heavy atom. The van der Waals surface area contributed by atoms with Crippen molar-refractivity contribution in [3.63, 3.8) is 0 Å². The van der Waals surface area contributed by atoms with Crippen molar-refractivity contribution in [3.05, 3.63) is 194 Å². The van der Waals surface area contributed by atoms with Gasteiger partial charge in [-0.05, 0) is 58.3 Å². The second-order valence-corrected chi connectivity index (χ2v) is 16.6. The Kier molecular flexibility index (Phi) is 7.41. The molecule has 5 nitrogen and oxygen atoms in total. The highest BCUT2D eigenvalue weighted by Crippen LogP contribution is 2.45. The van der Waals surface area contributed by atoms with Crippen LogP contribution in [0, 0.1) is 0 Å². The van der Waals surface area contributed by atoms with Crippen LogP contribution in [-0.4, -0.2) is 19.5 Å². The molecule has 0 saturated carbocycles. The van der Waals surface area contributed by atoms with E-state index in [2.05, 4.69) is 138 Å². The number of thiophene rings is 1. The van der Waals surface area contributed by atoms with E-state index in [-0.39, 0.29) is 0 Å². The molecule has 0 fully saturated rings. The van der Waals surface area contributed by atoms with Gasteiger partial charge in [0, 0.05) is 65.5 Å². The van der Waals surface area contributed by atoms with Gasteiger partial charge >= 0.3 is 0 Å². The number of rotatable bonds is 5. The molecule has 0 atom stereocenters. The standard InChI is InChI=1S/C55H32N4OS/c1-3-15-34(16-4-1)53-56-54(35-17-5-2-6-18-35)58-55(57-53)45-30-36(39-23-13-19-33-14-7-8-20-38(33)39)31-48-50(45)44-27-26-37(32-47(44)60-48)59-46-24-11-9-21-40(46)42-28-29-43-41-22-10-12-25-49(41)61-52(43)51(42)59/h1-32H. The molecular formula is C55H32N4OS. The lowest BCUT2D eigenvalue weighted by molar-refractivity contribution is 0.669. The van der Waals surface area contributed by atoms with E-state index in [0.717, 1.165) is 61.0 Å². The maximum absolute atomic E-state index is 7.04. The smallest absolute Gasteiger partial charge is 0.164 e. The van der Waals surface area contributed by atoms with Gasteiger partial charge in [-0.2, -0.15) is 0 Å². The van der Waals surface area contributed by atoms with Crippen LogP contribution >= 0.6 is 11.3 Å². The van der Waals surface area contributed by atoms with Crippen LogP contribution in [-0.2, 0) is 0 Å². The number of fused-ring (bicyclic) bond motifs is 11. The van der Waals surface area contributed by atoms with Gasteiger partial charge in [-0.3, -0.25) is 0 Å². The maximum atomic E-state index is 7.04. The van der Waals surface area contributed by atoms with Crippen LogP contribution in [0.4, 0.5) is 0 Å². The average Bonchev–Trinajstić information content (AvgIpc) is 4.01. The van der Waals surface area contributed by atoms with Crippen molar-refractivity contribution in [2.45, 2.75) is 0 Å². The van der Waals surface area contributed by atoms with Crippen LogP contribution in [0.15, 0.2) is 199 Å². The zero-order chi connectivity index (χ0) is 40.0. The van der Waals surface area contributed by atoms with Gasteiger partial charge in [-0.25, -0.2) is 15.0 Å². The van der Waals surface area contributed by atoms with E-state index in [1.807, 2.05) is 72.0 Å². The van der Waals surface area contributed by atoms with E-state index in [1.54, 1.807) is 0 Å². The molecule has 0 saturated heterocycles. The van der Waals surface area contributed by atoms with Gasteiger partial charge in [0.2, 0.25) is 0 Å². The fraction of sp³-hybridized carbons (Fsp3) is 0. The molecule has 284 valence electrons. The molecule has 0 unspecified atom stereocenters. The minimum atomic E-state index is 0.584. The molecule has 4 heterocycles. The van der Waals surface area contributed by atoms with E-state index >= 15 is 0 Å². The van der Waals surface area contributed by atoms with Crippen LogP contribution < -0.4 is 0 Å². The molecule has 13 aromatic rings. The van der Waals surface area contributed by atoms with Gasteiger partial charge in [0.05, 0.1) is 15.7 Å². The fourth-order valence-corrected chi connectivity index (χ4v) is 10.5. The van der Waals surface area contributed by atoms with E-state index in [9.17, 15) is 0 Å². The molecule has 0 aliphatic heterocycles. The zero-order valence-corrected chi connectivity index (χ0v) is 33.4. The lowest BCUT2D eigenvalue weighted by atomic mass is 9.94. The minimum Gasteiger partial charge on any atom is -0.456 e. The Morgan fingerprint density at radius 1 is 0.410 bits per heavy atom. The molecule has 0 aliphatic carbocycles. The van der Waals surface area contributed by atoms with Gasteiger partial charge < -0.3 is 8.98 Å². The van der Waals surface area contributed by atoms with Crippen LogP contribution in [0.5, 0.6) is 0 Å². The van der Waals surface area contributed by atoms with Crippen molar-refractivity contribution in [1.82, 2.24) is 19.5 Å². The third-order valence-electron chi connectivity index (χ3n) is 12.0. The van der Waals surface area contributed by atoms with E-state index in [4.69, 9.17) is 19.4 Å². The summed E-state index contributed by atoms with van der Waals surface area (Å²) in [6, 6.07) is 68.3. The Morgan fingerprint density at radius 2 is 1.05 bits per heavy atom. The van der Waals surface area contributed by atoms with Crippen molar-refractivity contribution < 1.29 is 4.42 Å². The molecule has 13 rings (SSSR count). The van der Waals surface area contributed by atoms with Crippen LogP contribution in [0.2, 0.25) is 0 Å². The zero-order valence-electron chi connectivity index (χ0n) is 32.6. The van der Waals surface area contributed by atoms with E-state index in [0.29, 0.717) is 17.5 Å². The number of nitrogens with zero attached hydrogens (tertiary/aromatic N) is 4. The second-order valence-electron chi connectivity index (χ2n) is 15.5. The van der Waals surface area contributed by atoms with Gasteiger partial charge in [-0.15, -0.1) is 11.3 Å². The maximum Gasteiger partial charge on any atom is 0.164 e.